The topological polar surface area (TPSA) is 125 Å². The number of aliphatic hydroxyl groups is 1. The van der Waals surface area contributed by atoms with Gasteiger partial charge in [-0.15, -0.1) is 6.58 Å². The summed E-state index contributed by atoms with van der Waals surface area (Å²) >= 11 is 0. The zero-order valence-corrected chi connectivity index (χ0v) is 13.8. The zero-order chi connectivity index (χ0) is 18.8. The average molecular weight is 350 g/mol. The van der Waals surface area contributed by atoms with Gasteiger partial charge in [-0.2, -0.15) is 0 Å². The molecule has 0 heterocycles. The van der Waals surface area contributed by atoms with Crippen LogP contribution in [0.15, 0.2) is 43.0 Å². The molecule has 4 N–H and O–H groups in total. The van der Waals surface area contributed by atoms with E-state index in [2.05, 4.69) is 17.2 Å². The van der Waals surface area contributed by atoms with E-state index in [1.54, 1.807) is 24.3 Å². The first kappa shape index (κ1) is 20.2. The number of aliphatic carboxylic acids is 1. The number of benzene rings is 1. The molecule has 0 spiro atoms. The lowest BCUT2D eigenvalue weighted by molar-refractivity contribution is -0.142. The fraction of sp³-hybridized carbons (Fsp3) is 0.353. The predicted molar refractivity (Wildman–Crippen MR) is 89.6 cm³/mol. The number of carbonyl (C=O) groups excluding carboxylic acids is 2. The number of carboxylic acid groups (broad SMARTS) is 1. The highest BCUT2D eigenvalue weighted by molar-refractivity contribution is 5.89. The summed E-state index contributed by atoms with van der Waals surface area (Å²) < 4.78 is 4.99. The Balaban J connectivity index is 2.62. The normalized spacial score (nSPS) is 13.8. The van der Waals surface area contributed by atoms with Crippen LogP contribution in [0.3, 0.4) is 0 Å². The summed E-state index contributed by atoms with van der Waals surface area (Å²) in [5.41, 5.74) is 0.757. The van der Waals surface area contributed by atoms with E-state index in [0.717, 1.165) is 5.56 Å². The Hall–Kier alpha value is -2.87. The fourth-order valence-corrected chi connectivity index (χ4v) is 1.95. The average Bonchev–Trinajstić information content (AvgIpc) is 2.57. The molecular weight excluding hydrogens is 328 g/mol. The number of nitrogens with one attached hydrogen (secondary N) is 2. The Kier molecular flexibility index (Phi) is 8.14. The van der Waals surface area contributed by atoms with Crippen LogP contribution in [-0.2, 0) is 20.9 Å². The first-order chi connectivity index (χ1) is 11.8. The van der Waals surface area contributed by atoms with E-state index in [1.807, 2.05) is 6.07 Å². The standard InChI is InChI=1S/C17H22N2O6/c1-3-7-13(16(22)23)18-15(21)14(11(2)20)19-17(24)25-10-12-8-5-4-6-9-12/h3-6,8-9,11,13-14,20H,1,7,10H2,2H3,(H,18,21)(H,19,24)(H,22,23)/t11-,13+,14+/m1/s1. The van der Waals surface area contributed by atoms with Crippen molar-refractivity contribution in [3.63, 3.8) is 0 Å². The minimum atomic E-state index is -1.35. The van der Waals surface area contributed by atoms with Crippen LogP contribution in [0.1, 0.15) is 18.9 Å². The van der Waals surface area contributed by atoms with Gasteiger partial charge < -0.3 is 25.6 Å². The molecule has 25 heavy (non-hydrogen) atoms. The number of rotatable bonds is 9. The molecule has 1 aromatic carbocycles. The number of carbonyl (C=O) groups is 3. The third-order valence-corrected chi connectivity index (χ3v) is 3.27. The van der Waals surface area contributed by atoms with Gasteiger partial charge in [0.15, 0.2) is 0 Å². The molecule has 0 aliphatic rings. The highest BCUT2D eigenvalue weighted by atomic mass is 16.5. The summed E-state index contributed by atoms with van der Waals surface area (Å²) in [6.45, 7) is 4.71. The van der Waals surface area contributed by atoms with Gasteiger partial charge in [0.2, 0.25) is 5.91 Å². The van der Waals surface area contributed by atoms with Gasteiger partial charge in [-0.3, -0.25) is 4.79 Å². The van der Waals surface area contributed by atoms with Crippen molar-refractivity contribution in [3.8, 4) is 0 Å². The van der Waals surface area contributed by atoms with Crippen molar-refractivity contribution in [3.05, 3.63) is 48.6 Å². The van der Waals surface area contributed by atoms with E-state index in [4.69, 9.17) is 9.84 Å². The van der Waals surface area contributed by atoms with Gasteiger partial charge in [0.05, 0.1) is 6.10 Å². The molecule has 0 radical (unpaired) electrons. The maximum Gasteiger partial charge on any atom is 0.408 e. The molecule has 0 fully saturated rings. The van der Waals surface area contributed by atoms with Crippen LogP contribution in [0.2, 0.25) is 0 Å². The second kappa shape index (κ2) is 10.1. The Morgan fingerprint density at radius 2 is 1.88 bits per heavy atom. The lowest BCUT2D eigenvalue weighted by Gasteiger charge is -2.22. The molecule has 0 bridgehead atoms. The number of hydrogen-bond acceptors (Lipinski definition) is 5. The summed E-state index contributed by atoms with van der Waals surface area (Å²) in [7, 11) is 0. The summed E-state index contributed by atoms with van der Waals surface area (Å²) in [6, 6.07) is 6.36. The maximum absolute atomic E-state index is 12.1. The molecule has 0 aliphatic heterocycles. The Morgan fingerprint density at radius 3 is 2.40 bits per heavy atom. The predicted octanol–water partition coefficient (Wildman–Crippen LogP) is 0.808. The highest BCUT2D eigenvalue weighted by Gasteiger charge is 2.29. The van der Waals surface area contributed by atoms with Crippen LogP contribution in [0.25, 0.3) is 0 Å². The Labute approximate surface area is 145 Å². The van der Waals surface area contributed by atoms with Crippen LogP contribution in [-0.4, -0.2) is 46.4 Å². The van der Waals surface area contributed by atoms with E-state index in [9.17, 15) is 19.5 Å². The summed E-state index contributed by atoms with van der Waals surface area (Å²) in [4.78, 5) is 35.0. The van der Waals surface area contributed by atoms with Crippen molar-refractivity contribution in [1.29, 1.82) is 0 Å². The number of aliphatic hydroxyl groups excluding tert-OH is 1. The van der Waals surface area contributed by atoms with E-state index in [0.29, 0.717) is 0 Å². The van der Waals surface area contributed by atoms with E-state index >= 15 is 0 Å². The second-order valence-electron chi connectivity index (χ2n) is 5.35. The van der Waals surface area contributed by atoms with Gasteiger partial charge in [-0.05, 0) is 18.9 Å². The molecule has 8 heteroatoms. The molecule has 136 valence electrons. The molecule has 3 atom stereocenters. The third-order valence-electron chi connectivity index (χ3n) is 3.27. The Morgan fingerprint density at radius 1 is 1.24 bits per heavy atom. The maximum atomic E-state index is 12.1. The minimum Gasteiger partial charge on any atom is -0.480 e. The highest BCUT2D eigenvalue weighted by Crippen LogP contribution is 2.03. The number of alkyl carbamates (subject to hydrolysis) is 1. The summed E-state index contributed by atoms with van der Waals surface area (Å²) in [6.07, 6.45) is -0.799. The van der Waals surface area contributed by atoms with E-state index in [-0.39, 0.29) is 13.0 Å². The monoisotopic (exact) mass is 350 g/mol. The molecule has 1 rings (SSSR count). The van der Waals surface area contributed by atoms with Crippen LogP contribution < -0.4 is 10.6 Å². The lowest BCUT2D eigenvalue weighted by atomic mass is 10.1. The molecule has 0 aliphatic carbocycles. The van der Waals surface area contributed by atoms with Crippen molar-refractivity contribution in [2.75, 3.05) is 0 Å². The molecule has 2 amide bonds. The summed E-state index contributed by atoms with van der Waals surface area (Å²) in [5.74, 6) is -2.08. The molecule has 0 aromatic heterocycles. The number of carboxylic acids is 1. The van der Waals surface area contributed by atoms with Crippen LogP contribution in [0.4, 0.5) is 4.79 Å². The van der Waals surface area contributed by atoms with Crippen LogP contribution in [0.5, 0.6) is 0 Å². The largest absolute Gasteiger partial charge is 0.480 e. The lowest BCUT2D eigenvalue weighted by Crippen LogP contribution is -2.55. The molecule has 1 aromatic rings. The number of ether oxygens (including phenoxy) is 1. The number of amides is 2. The van der Waals surface area contributed by atoms with Crippen LogP contribution in [0, 0.1) is 0 Å². The van der Waals surface area contributed by atoms with E-state index in [1.165, 1.54) is 13.0 Å². The molecule has 8 nitrogen and oxygen atoms in total. The van der Waals surface area contributed by atoms with Crippen molar-refractivity contribution in [2.24, 2.45) is 0 Å². The quantitative estimate of drug-likeness (QED) is 0.488. The molecular formula is C17H22N2O6. The van der Waals surface area contributed by atoms with Gasteiger partial charge >= 0.3 is 12.1 Å². The van der Waals surface area contributed by atoms with Crippen molar-refractivity contribution < 1.29 is 29.3 Å². The first-order valence-electron chi connectivity index (χ1n) is 7.64. The smallest absolute Gasteiger partial charge is 0.408 e. The minimum absolute atomic E-state index is 0.00492. The number of hydrogen-bond donors (Lipinski definition) is 4. The molecule has 0 saturated carbocycles. The van der Waals surface area contributed by atoms with Crippen LogP contribution >= 0.6 is 0 Å². The third kappa shape index (κ3) is 7.05. The summed E-state index contributed by atoms with van der Waals surface area (Å²) in [5, 5.41) is 23.2. The van der Waals surface area contributed by atoms with Crippen molar-refractivity contribution in [1.82, 2.24) is 10.6 Å². The van der Waals surface area contributed by atoms with Crippen molar-refractivity contribution >= 4 is 18.0 Å². The van der Waals surface area contributed by atoms with Gasteiger partial charge in [-0.1, -0.05) is 36.4 Å². The fourth-order valence-electron chi connectivity index (χ4n) is 1.95. The van der Waals surface area contributed by atoms with E-state index < -0.39 is 36.2 Å². The van der Waals surface area contributed by atoms with Crippen molar-refractivity contribution in [2.45, 2.75) is 38.1 Å². The zero-order valence-electron chi connectivity index (χ0n) is 13.8. The van der Waals surface area contributed by atoms with Gasteiger partial charge in [0.1, 0.15) is 18.7 Å². The molecule has 0 unspecified atom stereocenters. The second-order valence-corrected chi connectivity index (χ2v) is 5.35. The van der Waals surface area contributed by atoms with Gasteiger partial charge in [0.25, 0.3) is 0 Å². The SMILES string of the molecule is C=CC[C@H](NC(=O)[C@@H](NC(=O)OCc1ccccc1)[C@@H](C)O)C(=O)O. The van der Waals surface area contributed by atoms with Gasteiger partial charge in [0, 0.05) is 0 Å². The first-order valence-corrected chi connectivity index (χ1v) is 7.64. The van der Waals surface area contributed by atoms with Gasteiger partial charge in [-0.25, -0.2) is 9.59 Å². The Bertz CT molecular complexity index is 602. The molecule has 0 saturated heterocycles.